The Balaban J connectivity index is 1.70. The van der Waals surface area contributed by atoms with E-state index >= 15 is 0 Å². The zero-order valence-electron chi connectivity index (χ0n) is 15.5. The number of hydrogen-bond donors (Lipinski definition) is 0. The molecule has 0 fully saturated rings. The van der Waals surface area contributed by atoms with E-state index < -0.39 is 0 Å². The minimum atomic E-state index is -0.335. The number of aromatic nitrogens is 4. The molecule has 3 heterocycles. The highest BCUT2D eigenvalue weighted by Gasteiger charge is 2.23. The molecule has 136 valence electrons. The third-order valence-corrected chi connectivity index (χ3v) is 4.25. The smallest absolute Gasteiger partial charge is 0.245 e. The molecule has 0 aliphatic rings. The third-order valence-electron chi connectivity index (χ3n) is 4.25. The molecule has 0 aliphatic heterocycles. The number of imidazole rings is 1. The Bertz CT molecular complexity index is 869. The first kappa shape index (κ1) is 17.8. The molecular formula is C19H23N5O2. The molecule has 7 nitrogen and oxygen atoms in total. The minimum Gasteiger partial charge on any atom is -0.359 e. The summed E-state index contributed by atoms with van der Waals surface area (Å²) in [5, 5.41) is 4.04. The van der Waals surface area contributed by atoms with Gasteiger partial charge in [0.25, 0.3) is 0 Å². The molecule has 7 heteroatoms. The Hall–Kier alpha value is -2.96. The van der Waals surface area contributed by atoms with E-state index in [4.69, 9.17) is 4.52 Å². The van der Waals surface area contributed by atoms with E-state index in [0.717, 1.165) is 11.5 Å². The van der Waals surface area contributed by atoms with Crippen LogP contribution in [0.3, 0.4) is 0 Å². The normalized spacial score (nSPS) is 12.3. The summed E-state index contributed by atoms with van der Waals surface area (Å²) in [5.41, 5.74) is 1.40. The van der Waals surface area contributed by atoms with Gasteiger partial charge in [0.1, 0.15) is 17.6 Å². The SMILES string of the molecule is CC(C)c1nccn1[C@@H](C)C(=O)N(C)Cc1cc(-c2ccccn2)no1. The minimum absolute atomic E-state index is 0.0133. The third kappa shape index (κ3) is 3.66. The number of carbonyl (C=O) groups is 1. The maximum Gasteiger partial charge on any atom is 0.245 e. The average Bonchev–Trinajstić information content (AvgIpc) is 3.30. The molecule has 0 saturated heterocycles. The first-order chi connectivity index (χ1) is 12.5. The molecule has 0 N–H and O–H groups in total. The van der Waals surface area contributed by atoms with Crippen LogP contribution in [0, 0.1) is 0 Å². The zero-order valence-corrected chi connectivity index (χ0v) is 15.5. The summed E-state index contributed by atoms with van der Waals surface area (Å²) in [7, 11) is 1.76. The van der Waals surface area contributed by atoms with Crippen LogP contribution >= 0.6 is 0 Å². The van der Waals surface area contributed by atoms with Gasteiger partial charge in [-0.25, -0.2) is 4.98 Å². The summed E-state index contributed by atoms with van der Waals surface area (Å²) < 4.78 is 7.29. The first-order valence-corrected chi connectivity index (χ1v) is 8.62. The van der Waals surface area contributed by atoms with Gasteiger partial charge in [-0.05, 0) is 19.1 Å². The Kier molecular flexibility index (Phi) is 5.16. The van der Waals surface area contributed by atoms with Gasteiger partial charge in [-0.3, -0.25) is 9.78 Å². The van der Waals surface area contributed by atoms with Crippen molar-refractivity contribution in [2.24, 2.45) is 0 Å². The van der Waals surface area contributed by atoms with E-state index in [0.29, 0.717) is 18.0 Å². The molecule has 0 aliphatic carbocycles. The molecular weight excluding hydrogens is 330 g/mol. The van der Waals surface area contributed by atoms with Gasteiger partial charge >= 0.3 is 0 Å². The van der Waals surface area contributed by atoms with Crippen LogP contribution in [0.15, 0.2) is 47.4 Å². The van der Waals surface area contributed by atoms with E-state index in [1.54, 1.807) is 24.3 Å². The fourth-order valence-corrected chi connectivity index (χ4v) is 2.87. The zero-order chi connectivity index (χ0) is 18.7. The van der Waals surface area contributed by atoms with Crippen molar-refractivity contribution < 1.29 is 9.32 Å². The highest BCUT2D eigenvalue weighted by molar-refractivity contribution is 5.79. The summed E-state index contributed by atoms with van der Waals surface area (Å²) >= 11 is 0. The number of likely N-dealkylation sites (N-methyl/N-ethyl adjacent to an activating group) is 1. The molecule has 1 amide bonds. The Morgan fingerprint density at radius 3 is 2.69 bits per heavy atom. The molecule has 0 radical (unpaired) electrons. The van der Waals surface area contributed by atoms with Crippen LogP contribution in [0.5, 0.6) is 0 Å². The molecule has 1 atom stereocenters. The molecule has 0 unspecified atom stereocenters. The van der Waals surface area contributed by atoms with Crippen LogP contribution in [0.2, 0.25) is 0 Å². The summed E-state index contributed by atoms with van der Waals surface area (Å²) in [4.78, 5) is 23.0. The van der Waals surface area contributed by atoms with Gasteiger partial charge in [0.05, 0.1) is 12.2 Å². The lowest BCUT2D eigenvalue weighted by Crippen LogP contribution is -2.33. The van der Waals surface area contributed by atoms with Gasteiger partial charge in [-0.15, -0.1) is 0 Å². The fourth-order valence-electron chi connectivity index (χ4n) is 2.87. The van der Waals surface area contributed by atoms with Gasteiger partial charge in [0, 0.05) is 37.6 Å². The van der Waals surface area contributed by atoms with Gasteiger partial charge < -0.3 is 14.0 Å². The number of nitrogens with zero attached hydrogens (tertiary/aromatic N) is 5. The van der Waals surface area contributed by atoms with Gasteiger partial charge in [0.15, 0.2) is 5.76 Å². The second kappa shape index (κ2) is 7.51. The van der Waals surface area contributed by atoms with Crippen molar-refractivity contribution in [3.8, 4) is 11.4 Å². The monoisotopic (exact) mass is 353 g/mol. The van der Waals surface area contributed by atoms with Gasteiger partial charge in [-0.1, -0.05) is 25.1 Å². The summed E-state index contributed by atoms with van der Waals surface area (Å²) in [6.45, 7) is 6.35. The van der Waals surface area contributed by atoms with E-state index in [1.165, 1.54) is 0 Å². The second-order valence-corrected chi connectivity index (χ2v) is 6.61. The highest BCUT2D eigenvalue weighted by atomic mass is 16.5. The van der Waals surface area contributed by atoms with Crippen LogP contribution in [-0.2, 0) is 11.3 Å². The number of amides is 1. The largest absolute Gasteiger partial charge is 0.359 e. The number of pyridine rings is 1. The van der Waals surface area contributed by atoms with Crippen LogP contribution in [0.25, 0.3) is 11.4 Å². The molecule has 3 aromatic heterocycles. The molecule has 0 spiro atoms. The lowest BCUT2D eigenvalue weighted by Gasteiger charge is -2.23. The topological polar surface area (TPSA) is 77.1 Å². The predicted molar refractivity (Wildman–Crippen MR) is 97.2 cm³/mol. The van der Waals surface area contributed by atoms with Gasteiger partial charge in [-0.2, -0.15) is 0 Å². The molecule has 3 rings (SSSR count). The number of hydrogen-bond acceptors (Lipinski definition) is 5. The number of rotatable bonds is 6. The summed E-state index contributed by atoms with van der Waals surface area (Å²) in [6.07, 6.45) is 5.28. The van der Waals surface area contributed by atoms with Crippen LogP contribution in [0.4, 0.5) is 0 Å². The van der Waals surface area contributed by atoms with Crippen LogP contribution < -0.4 is 0 Å². The van der Waals surface area contributed by atoms with Crippen molar-refractivity contribution in [2.75, 3.05) is 7.05 Å². The molecule has 0 saturated carbocycles. The van der Waals surface area contributed by atoms with Crippen molar-refractivity contribution in [3.05, 3.63) is 54.4 Å². The summed E-state index contributed by atoms with van der Waals surface area (Å²) in [6, 6.07) is 7.09. The second-order valence-electron chi connectivity index (χ2n) is 6.61. The van der Waals surface area contributed by atoms with E-state index in [-0.39, 0.29) is 17.9 Å². The molecule has 0 aromatic carbocycles. The van der Waals surface area contributed by atoms with Crippen molar-refractivity contribution in [3.63, 3.8) is 0 Å². The summed E-state index contributed by atoms with van der Waals surface area (Å²) in [5.74, 6) is 1.75. The lowest BCUT2D eigenvalue weighted by atomic mass is 10.2. The quantitative estimate of drug-likeness (QED) is 0.680. The fraction of sp³-hybridized carbons (Fsp3) is 0.368. The first-order valence-electron chi connectivity index (χ1n) is 8.62. The standard InChI is InChI=1S/C19H23N5O2/c1-13(2)18-21-9-10-24(18)14(3)19(25)23(4)12-15-11-17(22-26-15)16-7-5-6-8-20-16/h5-11,13-14H,12H2,1-4H3/t14-/m0/s1. The van der Waals surface area contributed by atoms with E-state index in [9.17, 15) is 4.79 Å². The lowest BCUT2D eigenvalue weighted by molar-refractivity contribution is -0.133. The van der Waals surface area contributed by atoms with Crippen LogP contribution in [-0.4, -0.2) is 37.5 Å². The van der Waals surface area contributed by atoms with E-state index in [2.05, 4.69) is 29.0 Å². The number of carbonyl (C=O) groups excluding carboxylic acids is 1. The van der Waals surface area contributed by atoms with Crippen LogP contribution in [0.1, 0.15) is 44.3 Å². The highest BCUT2D eigenvalue weighted by Crippen LogP contribution is 2.21. The molecule has 3 aromatic rings. The Labute approximate surface area is 152 Å². The molecule has 26 heavy (non-hydrogen) atoms. The Morgan fingerprint density at radius 1 is 1.19 bits per heavy atom. The van der Waals surface area contributed by atoms with Crippen molar-refractivity contribution in [1.29, 1.82) is 0 Å². The van der Waals surface area contributed by atoms with Crippen molar-refractivity contribution in [1.82, 2.24) is 24.6 Å². The van der Waals surface area contributed by atoms with Crippen molar-refractivity contribution >= 4 is 5.91 Å². The maximum absolute atomic E-state index is 12.8. The van der Waals surface area contributed by atoms with Crippen molar-refractivity contribution in [2.45, 2.75) is 39.3 Å². The Morgan fingerprint density at radius 2 is 2.00 bits per heavy atom. The maximum atomic E-state index is 12.8. The van der Waals surface area contributed by atoms with E-state index in [1.807, 2.05) is 42.0 Å². The van der Waals surface area contributed by atoms with Gasteiger partial charge in [0.2, 0.25) is 5.91 Å². The molecule has 0 bridgehead atoms. The predicted octanol–water partition coefficient (Wildman–Crippen LogP) is 3.28. The average molecular weight is 353 g/mol.